The molecule has 0 spiro atoms. The lowest BCUT2D eigenvalue weighted by atomic mass is 10.3. The van der Waals surface area contributed by atoms with Crippen LogP contribution in [-0.4, -0.2) is 42.3 Å². The highest BCUT2D eigenvalue weighted by Crippen LogP contribution is 2.32. The van der Waals surface area contributed by atoms with E-state index in [9.17, 15) is 0 Å². The van der Waals surface area contributed by atoms with Crippen LogP contribution < -0.4 is 0 Å². The monoisotopic (exact) mass is 205 g/mol. The summed E-state index contributed by atoms with van der Waals surface area (Å²) in [5.41, 5.74) is 0. The van der Waals surface area contributed by atoms with Crippen molar-refractivity contribution >= 4 is 23.5 Å². The second-order valence-corrected chi connectivity index (χ2v) is 5.26. The number of hydrogen-bond acceptors (Lipinski definition) is 4. The molecule has 0 aromatic heterocycles. The maximum Gasteiger partial charge on any atom is 0.136 e. The lowest BCUT2D eigenvalue weighted by molar-refractivity contribution is -0.0291. The summed E-state index contributed by atoms with van der Waals surface area (Å²) in [7, 11) is 0. The van der Waals surface area contributed by atoms with E-state index in [-0.39, 0.29) is 0 Å². The van der Waals surface area contributed by atoms with E-state index in [1.165, 1.54) is 23.4 Å². The smallest absolute Gasteiger partial charge is 0.136 e. The van der Waals surface area contributed by atoms with Gasteiger partial charge in [0, 0.05) is 22.5 Å². The van der Waals surface area contributed by atoms with Gasteiger partial charge in [-0.1, -0.05) is 0 Å². The standard InChI is InChI=1S/C8H13O2S2/c1-2-10-7(5-9-1)8-6-11-3-4-12-8/h8H,1-6H2. The second-order valence-electron chi connectivity index (χ2n) is 2.80. The summed E-state index contributed by atoms with van der Waals surface area (Å²) < 4.78 is 10.9. The molecule has 69 valence electrons. The lowest BCUT2D eigenvalue weighted by Crippen LogP contribution is -2.32. The number of thioether (sulfide) groups is 2. The van der Waals surface area contributed by atoms with Gasteiger partial charge in [-0.25, -0.2) is 0 Å². The molecule has 12 heavy (non-hydrogen) atoms. The molecule has 2 aliphatic rings. The first-order chi connectivity index (χ1) is 5.97. The molecule has 0 aromatic rings. The fourth-order valence-corrected chi connectivity index (χ4v) is 4.01. The van der Waals surface area contributed by atoms with E-state index in [0.717, 1.165) is 19.8 Å². The van der Waals surface area contributed by atoms with Crippen LogP contribution in [0.1, 0.15) is 0 Å². The third kappa shape index (κ3) is 2.31. The Kier molecular flexibility index (Phi) is 3.63. The molecule has 4 heteroatoms. The molecule has 2 aliphatic heterocycles. The predicted octanol–water partition coefficient (Wildman–Crippen LogP) is 1.41. The van der Waals surface area contributed by atoms with Gasteiger partial charge in [0.05, 0.1) is 19.8 Å². The van der Waals surface area contributed by atoms with Gasteiger partial charge in [-0.2, -0.15) is 23.5 Å². The van der Waals surface area contributed by atoms with Crippen molar-refractivity contribution < 1.29 is 9.47 Å². The lowest BCUT2D eigenvalue weighted by Gasteiger charge is -2.30. The van der Waals surface area contributed by atoms with Crippen LogP contribution in [0.2, 0.25) is 0 Å². The van der Waals surface area contributed by atoms with Crippen LogP contribution >= 0.6 is 23.5 Å². The molecule has 1 unspecified atom stereocenters. The van der Waals surface area contributed by atoms with E-state index < -0.39 is 0 Å². The summed E-state index contributed by atoms with van der Waals surface area (Å²) in [5.74, 6) is 3.74. The molecule has 2 fully saturated rings. The average molecular weight is 205 g/mol. The number of rotatable bonds is 1. The summed E-state index contributed by atoms with van der Waals surface area (Å²) in [6.45, 7) is 2.23. The fraction of sp³-hybridized carbons (Fsp3) is 0.875. The minimum atomic E-state index is 0.587. The first-order valence-electron chi connectivity index (χ1n) is 4.22. The molecule has 0 saturated carbocycles. The van der Waals surface area contributed by atoms with Gasteiger partial charge < -0.3 is 9.47 Å². The maximum atomic E-state index is 5.57. The first-order valence-corrected chi connectivity index (χ1v) is 6.43. The Balaban J connectivity index is 1.80. The molecule has 0 amide bonds. The minimum absolute atomic E-state index is 0.587. The van der Waals surface area contributed by atoms with Crippen LogP contribution in [0.15, 0.2) is 0 Å². The summed E-state index contributed by atoms with van der Waals surface area (Å²) in [4.78, 5) is 0. The minimum Gasteiger partial charge on any atom is -0.376 e. The number of hydrogen-bond donors (Lipinski definition) is 0. The van der Waals surface area contributed by atoms with Crippen LogP contribution in [0.3, 0.4) is 0 Å². The molecule has 2 rings (SSSR count). The van der Waals surface area contributed by atoms with Crippen molar-refractivity contribution in [3.05, 3.63) is 6.10 Å². The maximum absolute atomic E-state index is 5.57. The summed E-state index contributed by atoms with van der Waals surface area (Å²) in [6, 6.07) is 0. The highest BCUT2D eigenvalue weighted by atomic mass is 32.2. The van der Waals surface area contributed by atoms with Crippen LogP contribution in [-0.2, 0) is 9.47 Å². The highest BCUT2D eigenvalue weighted by molar-refractivity contribution is 8.06. The SMILES string of the molecule is C1CO[C](C2CSCCS2)CO1. The quantitative estimate of drug-likeness (QED) is 0.644. The third-order valence-corrected chi connectivity index (χ3v) is 4.74. The van der Waals surface area contributed by atoms with Crippen molar-refractivity contribution in [3.63, 3.8) is 0 Å². The predicted molar refractivity (Wildman–Crippen MR) is 53.6 cm³/mol. The van der Waals surface area contributed by atoms with E-state index in [1.807, 2.05) is 23.5 Å². The van der Waals surface area contributed by atoms with Crippen LogP contribution in [0, 0.1) is 6.10 Å². The van der Waals surface area contributed by atoms with Crippen molar-refractivity contribution in [2.24, 2.45) is 0 Å². The molecule has 2 heterocycles. The Bertz CT molecular complexity index is 115. The van der Waals surface area contributed by atoms with Crippen molar-refractivity contribution in [2.45, 2.75) is 5.25 Å². The Labute approximate surface area is 81.8 Å². The van der Waals surface area contributed by atoms with Gasteiger partial charge in [-0.05, 0) is 0 Å². The average Bonchev–Trinajstić information content (AvgIpc) is 2.21. The molecule has 0 aromatic carbocycles. The second kappa shape index (κ2) is 4.74. The molecule has 1 atom stereocenters. The zero-order valence-corrected chi connectivity index (χ0v) is 8.59. The zero-order chi connectivity index (χ0) is 8.23. The van der Waals surface area contributed by atoms with Gasteiger partial charge in [0.2, 0.25) is 0 Å². The van der Waals surface area contributed by atoms with Crippen LogP contribution in [0.5, 0.6) is 0 Å². The van der Waals surface area contributed by atoms with E-state index >= 15 is 0 Å². The fourth-order valence-electron chi connectivity index (χ4n) is 1.31. The van der Waals surface area contributed by atoms with Gasteiger partial charge in [-0.3, -0.25) is 0 Å². The molecular weight excluding hydrogens is 192 g/mol. The summed E-state index contributed by atoms with van der Waals surface area (Å²) in [5, 5.41) is 0.587. The zero-order valence-electron chi connectivity index (χ0n) is 6.95. The van der Waals surface area contributed by atoms with Crippen LogP contribution in [0.25, 0.3) is 0 Å². The van der Waals surface area contributed by atoms with Crippen LogP contribution in [0.4, 0.5) is 0 Å². The van der Waals surface area contributed by atoms with E-state index in [2.05, 4.69) is 0 Å². The largest absolute Gasteiger partial charge is 0.376 e. The molecule has 2 saturated heterocycles. The Morgan fingerprint density at radius 3 is 2.92 bits per heavy atom. The van der Waals surface area contributed by atoms with Crippen molar-refractivity contribution in [1.82, 2.24) is 0 Å². The van der Waals surface area contributed by atoms with Gasteiger partial charge in [0.25, 0.3) is 0 Å². The molecular formula is C8H13O2S2. The van der Waals surface area contributed by atoms with E-state index in [4.69, 9.17) is 9.47 Å². The number of ether oxygens (including phenoxy) is 2. The van der Waals surface area contributed by atoms with E-state index in [1.54, 1.807) is 0 Å². The van der Waals surface area contributed by atoms with Crippen molar-refractivity contribution in [2.75, 3.05) is 37.1 Å². The Morgan fingerprint density at radius 2 is 2.25 bits per heavy atom. The molecule has 0 bridgehead atoms. The Hall–Kier alpha value is 0.620. The molecule has 2 nitrogen and oxygen atoms in total. The van der Waals surface area contributed by atoms with Gasteiger partial charge in [-0.15, -0.1) is 0 Å². The highest BCUT2D eigenvalue weighted by Gasteiger charge is 2.28. The topological polar surface area (TPSA) is 18.5 Å². The molecule has 0 aliphatic carbocycles. The summed E-state index contributed by atoms with van der Waals surface area (Å²) >= 11 is 4.03. The third-order valence-electron chi connectivity index (χ3n) is 1.93. The van der Waals surface area contributed by atoms with Gasteiger partial charge in [0.1, 0.15) is 6.10 Å². The van der Waals surface area contributed by atoms with Crippen molar-refractivity contribution in [3.8, 4) is 0 Å². The van der Waals surface area contributed by atoms with Gasteiger partial charge in [0.15, 0.2) is 0 Å². The first kappa shape index (κ1) is 9.19. The van der Waals surface area contributed by atoms with E-state index in [0.29, 0.717) is 5.25 Å². The molecule has 0 N–H and O–H groups in total. The van der Waals surface area contributed by atoms with Gasteiger partial charge >= 0.3 is 0 Å². The van der Waals surface area contributed by atoms with Crippen molar-refractivity contribution in [1.29, 1.82) is 0 Å². The Morgan fingerprint density at radius 1 is 1.25 bits per heavy atom. The summed E-state index contributed by atoms with van der Waals surface area (Å²) in [6.07, 6.45) is 1.17. The normalized spacial score (nSPS) is 33.5. The molecule has 1 radical (unpaired) electrons.